The number of aromatic carboxylic acids is 1. The quantitative estimate of drug-likeness (QED) is 0.476. The average Bonchev–Trinajstić information content (AvgIpc) is 2.60. The van der Waals surface area contributed by atoms with E-state index in [4.69, 9.17) is 10.8 Å². The third-order valence-electron chi connectivity index (χ3n) is 1.89. The number of urea groups is 1. The molecule has 0 spiro atoms. The van der Waals surface area contributed by atoms with E-state index in [-0.39, 0.29) is 0 Å². The first kappa shape index (κ1) is 13.2. The van der Waals surface area contributed by atoms with Crippen molar-refractivity contribution >= 4 is 23.6 Å². The van der Waals surface area contributed by atoms with Crippen LogP contribution < -0.4 is 11.1 Å². The fraction of sp³-hybridized carbons (Fsp3) is 0.125. The highest BCUT2D eigenvalue weighted by Crippen LogP contribution is 2.16. The van der Waals surface area contributed by atoms with Gasteiger partial charge in [-0.25, -0.2) is 9.59 Å². The summed E-state index contributed by atoms with van der Waals surface area (Å²) in [6.07, 6.45) is 0.879. The number of primary amides is 1. The van der Waals surface area contributed by atoms with Gasteiger partial charge in [0.05, 0.1) is 11.1 Å². The Morgan fingerprint density at radius 2 is 2.11 bits per heavy atom. The Hall–Kier alpha value is -2.91. The summed E-state index contributed by atoms with van der Waals surface area (Å²) in [6, 6.07) is -0.293. The highest BCUT2D eigenvalue weighted by Gasteiger charge is 2.20. The van der Waals surface area contributed by atoms with Gasteiger partial charge in [-0.2, -0.15) is 0 Å². The Morgan fingerprint density at radius 3 is 2.56 bits per heavy atom. The van der Waals surface area contributed by atoms with Crippen molar-refractivity contribution in [2.24, 2.45) is 5.73 Å². The summed E-state index contributed by atoms with van der Waals surface area (Å²) in [5, 5.41) is 21.0. The number of hydrogen-bond donors (Lipinski definition) is 3. The summed E-state index contributed by atoms with van der Waals surface area (Å²) < 4.78 is 0.832. The molecule has 0 fully saturated rings. The highest BCUT2D eigenvalue weighted by atomic mass is 16.6. The summed E-state index contributed by atoms with van der Waals surface area (Å²) in [4.78, 5) is 42.0. The Labute approximate surface area is 99.1 Å². The number of nitrogens with zero attached hydrogens (tertiary/aromatic N) is 2. The van der Waals surface area contributed by atoms with Crippen molar-refractivity contribution in [1.29, 1.82) is 0 Å². The van der Waals surface area contributed by atoms with E-state index in [1.54, 1.807) is 5.32 Å². The van der Waals surface area contributed by atoms with Gasteiger partial charge in [0.25, 0.3) is 5.69 Å². The second-order valence-electron chi connectivity index (χ2n) is 3.19. The lowest BCUT2D eigenvalue weighted by Gasteiger charge is -2.04. The van der Waals surface area contributed by atoms with Crippen LogP contribution in [0, 0.1) is 10.1 Å². The molecule has 0 aliphatic heterocycles. The fourth-order valence-electron chi connectivity index (χ4n) is 1.24. The van der Waals surface area contributed by atoms with Gasteiger partial charge in [0.2, 0.25) is 5.91 Å². The number of imide groups is 1. The molecule has 0 aliphatic carbocycles. The number of nitrogens with two attached hydrogens (primary N) is 1. The van der Waals surface area contributed by atoms with E-state index in [0.29, 0.717) is 0 Å². The Morgan fingerprint density at radius 1 is 1.50 bits per heavy atom. The number of nitrogens with one attached hydrogen (secondary N) is 1. The molecule has 4 N–H and O–H groups in total. The molecule has 3 amide bonds. The normalized spacial score (nSPS) is 9.78. The predicted octanol–water partition coefficient (Wildman–Crippen LogP) is -0.711. The first-order valence-corrected chi connectivity index (χ1v) is 4.48. The SMILES string of the molecule is NC(=O)NC(=O)Cn1cc([N+](=O)[O-])cc1C(=O)O. The molecule has 96 valence electrons. The zero-order valence-electron chi connectivity index (χ0n) is 8.82. The number of aromatic nitrogens is 1. The third-order valence-corrected chi connectivity index (χ3v) is 1.89. The molecule has 0 bridgehead atoms. The largest absolute Gasteiger partial charge is 0.477 e. The second kappa shape index (κ2) is 4.95. The van der Waals surface area contributed by atoms with Gasteiger partial charge in [0.15, 0.2) is 0 Å². The Balaban J connectivity index is 3.00. The number of carboxylic acid groups (broad SMARTS) is 1. The number of amides is 3. The molecular weight excluding hydrogens is 248 g/mol. The lowest BCUT2D eigenvalue weighted by atomic mass is 10.4. The van der Waals surface area contributed by atoms with Gasteiger partial charge in [-0.3, -0.25) is 20.2 Å². The lowest BCUT2D eigenvalue weighted by molar-refractivity contribution is -0.384. The third kappa shape index (κ3) is 3.04. The van der Waals surface area contributed by atoms with Gasteiger partial charge in [0.1, 0.15) is 12.2 Å². The van der Waals surface area contributed by atoms with E-state index in [2.05, 4.69) is 0 Å². The zero-order chi connectivity index (χ0) is 13.9. The minimum atomic E-state index is -1.44. The van der Waals surface area contributed by atoms with E-state index >= 15 is 0 Å². The molecule has 0 aromatic carbocycles. The number of carboxylic acids is 1. The molecular formula is C8H8N4O6. The molecule has 0 saturated carbocycles. The van der Waals surface area contributed by atoms with E-state index < -0.39 is 40.8 Å². The lowest BCUT2D eigenvalue weighted by Crippen LogP contribution is -2.37. The number of nitro groups is 1. The highest BCUT2D eigenvalue weighted by molar-refractivity contribution is 5.94. The minimum Gasteiger partial charge on any atom is -0.477 e. The van der Waals surface area contributed by atoms with Gasteiger partial charge in [-0.1, -0.05) is 0 Å². The van der Waals surface area contributed by atoms with Crippen LogP contribution in [-0.4, -0.2) is 32.5 Å². The monoisotopic (exact) mass is 256 g/mol. The molecule has 1 rings (SSSR count). The maximum Gasteiger partial charge on any atom is 0.352 e. The van der Waals surface area contributed by atoms with Crippen molar-refractivity contribution in [2.45, 2.75) is 6.54 Å². The molecule has 10 nitrogen and oxygen atoms in total. The summed E-state index contributed by atoms with van der Waals surface area (Å²) in [5.74, 6) is -2.31. The fourth-order valence-corrected chi connectivity index (χ4v) is 1.24. The van der Waals surface area contributed by atoms with Gasteiger partial charge in [-0.15, -0.1) is 0 Å². The van der Waals surface area contributed by atoms with Crippen LogP contribution in [0.1, 0.15) is 10.5 Å². The van der Waals surface area contributed by atoms with Gasteiger partial charge in [0, 0.05) is 6.07 Å². The predicted molar refractivity (Wildman–Crippen MR) is 55.8 cm³/mol. The summed E-state index contributed by atoms with van der Waals surface area (Å²) >= 11 is 0. The number of hydrogen-bond acceptors (Lipinski definition) is 5. The molecule has 1 aromatic heterocycles. The molecule has 0 radical (unpaired) electrons. The van der Waals surface area contributed by atoms with Crippen molar-refractivity contribution in [2.75, 3.05) is 0 Å². The van der Waals surface area contributed by atoms with Crippen LogP contribution in [0.2, 0.25) is 0 Å². The topological polar surface area (TPSA) is 158 Å². The van der Waals surface area contributed by atoms with Crippen molar-refractivity contribution in [1.82, 2.24) is 9.88 Å². The van der Waals surface area contributed by atoms with Crippen LogP contribution in [0.3, 0.4) is 0 Å². The molecule has 10 heteroatoms. The van der Waals surface area contributed by atoms with Crippen LogP contribution >= 0.6 is 0 Å². The Kier molecular flexibility index (Phi) is 3.62. The maximum atomic E-state index is 11.2. The molecule has 1 aromatic rings. The van der Waals surface area contributed by atoms with Crippen LogP contribution in [0.15, 0.2) is 12.3 Å². The van der Waals surface area contributed by atoms with Crippen molar-refractivity contribution in [3.05, 3.63) is 28.1 Å². The first-order chi connectivity index (χ1) is 8.31. The van der Waals surface area contributed by atoms with Crippen LogP contribution in [0.5, 0.6) is 0 Å². The zero-order valence-corrected chi connectivity index (χ0v) is 8.82. The molecule has 0 saturated heterocycles. The van der Waals surface area contributed by atoms with Crippen LogP contribution in [0.4, 0.5) is 10.5 Å². The molecule has 0 aliphatic rings. The standard InChI is InChI=1S/C8H8N4O6/c9-8(16)10-6(13)3-11-2-4(12(17)18)1-5(11)7(14)15/h1-2H,3H2,(H,14,15)(H3,9,10,13,16). The van der Waals surface area contributed by atoms with E-state index in [1.165, 1.54) is 0 Å². The molecule has 0 unspecified atom stereocenters. The maximum absolute atomic E-state index is 11.2. The van der Waals surface area contributed by atoms with Gasteiger partial charge < -0.3 is 15.4 Å². The smallest absolute Gasteiger partial charge is 0.352 e. The summed E-state index contributed by atoms with van der Waals surface area (Å²) in [5.41, 5.74) is 3.78. The van der Waals surface area contributed by atoms with Crippen LogP contribution in [0.25, 0.3) is 0 Å². The van der Waals surface area contributed by atoms with E-state index in [0.717, 1.165) is 16.8 Å². The Bertz CT molecular complexity index is 534. The number of carbonyl (C=O) groups excluding carboxylic acids is 2. The van der Waals surface area contributed by atoms with Crippen molar-refractivity contribution in [3.63, 3.8) is 0 Å². The molecule has 1 heterocycles. The van der Waals surface area contributed by atoms with Crippen LogP contribution in [-0.2, 0) is 11.3 Å². The van der Waals surface area contributed by atoms with Crippen molar-refractivity contribution in [3.8, 4) is 0 Å². The number of carbonyl (C=O) groups is 3. The first-order valence-electron chi connectivity index (χ1n) is 4.48. The number of rotatable bonds is 4. The average molecular weight is 256 g/mol. The van der Waals surface area contributed by atoms with E-state index in [1.807, 2.05) is 0 Å². The summed E-state index contributed by atoms with van der Waals surface area (Å²) in [7, 11) is 0. The summed E-state index contributed by atoms with van der Waals surface area (Å²) in [6.45, 7) is -0.571. The van der Waals surface area contributed by atoms with E-state index in [9.17, 15) is 24.5 Å². The minimum absolute atomic E-state index is 0.443. The van der Waals surface area contributed by atoms with Crippen molar-refractivity contribution < 1.29 is 24.4 Å². The van der Waals surface area contributed by atoms with Gasteiger partial charge in [-0.05, 0) is 0 Å². The second-order valence-corrected chi connectivity index (χ2v) is 3.19. The molecule has 18 heavy (non-hydrogen) atoms. The molecule has 0 atom stereocenters. The van der Waals surface area contributed by atoms with Gasteiger partial charge >= 0.3 is 12.0 Å².